The first-order valence-electron chi connectivity index (χ1n) is 6.03. The second kappa shape index (κ2) is 4.44. The van der Waals surface area contributed by atoms with Gasteiger partial charge in [-0.05, 0) is 13.3 Å². The normalized spacial score (nSPS) is 23.3. The molecular weight excluding hydrogens is 234 g/mol. The molecule has 1 aromatic heterocycles. The second-order valence-corrected chi connectivity index (χ2v) is 4.94. The molecule has 1 unspecified atom stereocenters. The number of carboxylic acids is 1. The van der Waals surface area contributed by atoms with Crippen LogP contribution in [-0.2, 0) is 11.2 Å². The van der Waals surface area contributed by atoms with Crippen LogP contribution < -0.4 is 10.5 Å². The number of aryl methyl sites for hydroxylation is 1. The van der Waals surface area contributed by atoms with Crippen LogP contribution in [0.2, 0.25) is 0 Å². The van der Waals surface area contributed by atoms with Crippen molar-refractivity contribution in [1.29, 1.82) is 0 Å². The predicted octanol–water partition coefficient (Wildman–Crippen LogP) is 0.633. The Hall–Kier alpha value is -1.85. The van der Waals surface area contributed by atoms with E-state index in [1.807, 2.05) is 11.8 Å². The first-order chi connectivity index (χ1) is 8.44. The van der Waals surface area contributed by atoms with E-state index in [0.717, 1.165) is 0 Å². The van der Waals surface area contributed by atoms with Gasteiger partial charge < -0.3 is 15.0 Å². The van der Waals surface area contributed by atoms with E-state index in [-0.39, 0.29) is 5.56 Å². The van der Waals surface area contributed by atoms with Gasteiger partial charge in [-0.2, -0.15) is 0 Å². The molecule has 0 amide bonds. The van der Waals surface area contributed by atoms with Crippen LogP contribution in [0.4, 0.5) is 5.82 Å². The van der Waals surface area contributed by atoms with E-state index in [2.05, 4.69) is 9.97 Å². The molecule has 0 aliphatic carbocycles. The SMILES string of the molecule is CCc1nc(N2CCC(C)(C(=O)O)C2)cc(=O)[nH]1. The average molecular weight is 251 g/mol. The zero-order valence-corrected chi connectivity index (χ0v) is 10.6. The van der Waals surface area contributed by atoms with Gasteiger partial charge in [0.15, 0.2) is 0 Å². The van der Waals surface area contributed by atoms with Crippen LogP contribution in [0.5, 0.6) is 0 Å². The zero-order chi connectivity index (χ0) is 13.3. The second-order valence-electron chi connectivity index (χ2n) is 4.94. The van der Waals surface area contributed by atoms with Crippen LogP contribution in [0.1, 0.15) is 26.1 Å². The largest absolute Gasteiger partial charge is 0.481 e. The van der Waals surface area contributed by atoms with Crippen molar-refractivity contribution in [3.8, 4) is 0 Å². The molecule has 6 heteroatoms. The number of carbonyl (C=O) groups is 1. The van der Waals surface area contributed by atoms with E-state index in [9.17, 15) is 14.7 Å². The summed E-state index contributed by atoms with van der Waals surface area (Å²) in [7, 11) is 0. The summed E-state index contributed by atoms with van der Waals surface area (Å²) in [6.07, 6.45) is 1.21. The maximum Gasteiger partial charge on any atom is 0.311 e. The van der Waals surface area contributed by atoms with Gasteiger partial charge in [-0.25, -0.2) is 4.98 Å². The van der Waals surface area contributed by atoms with Gasteiger partial charge in [0.1, 0.15) is 11.6 Å². The van der Waals surface area contributed by atoms with Gasteiger partial charge >= 0.3 is 5.97 Å². The number of carboxylic acid groups (broad SMARTS) is 1. The van der Waals surface area contributed by atoms with E-state index < -0.39 is 11.4 Å². The van der Waals surface area contributed by atoms with Gasteiger partial charge in [0.25, 0.3) is 5.56 Å². The van der Waals surface area contributed by atoms with Crippen molar-refractivity contribution >= 4 is 11.8 Å². The number of aromatic amines is 1. The quantitative estimate of drug-likeness (QED) is 0.823. The van der Waals surface area contributed by atoms with Crippen molar-refractivity contribution in [2.45, 2.75) is 26.7 Å². The standard InChI is InChI=1S/C12H17N3O3/c1-3-8-13-9(6-10(16)14-8)15-5-4-12(2,7-15)11(17)18/h6H,3-5,7H2,1-2H3,(H,17,18)(H,13,14,16). The number of rotatable bonds is 3. The summed E-state index contributed by atoms with van der Waals surface area (Å²) >= 11 is 0. The molecule has 18 heavy (non-hydrogen) atoms. The van der Waals surface area contributed by atoms with Crippen molar-refractivity contribution in [3.63, 3.8) is 0 Å². The molecule has 2 heterocycles. The van der Waals surface area contributed by atoms with Crippen LogP contribution in [0, 0.1) is 5.41 Å². The van der Waals surface area contributed by atoms with E-state index in [0.29, 0.717) is 37.6 Å². The number of nitrogens with one attached hydrogen (secondary N) is 1. The summed E-state index contributed by atoms with van der Waals surface area (Å²) in [5.74, 6) is 0.396. The van der Waals surface area contributed by atoms with E-state index >= 15 is 0 Å². The summed E-state index contributed by atoms with van der Waals surface area (Å²) < 4.78 is 0. The Morgan fingerprint density at radius 1 is 1.67 bits per heavy atom. The van der Waals surface area contributed by atoms with Crippen molar-refractivity contribution in [2.75, 3.05) is 18.0 Å². The van der Waals surface area contributed by atoms with Crippen molar-refractivity contribution < 1.29 is 9.90 Å². The third-order valence-electron chi connectivity index (χ3n) is 3.43. The molecule has 1 aromatic rings. The van der Waals surface area contributed by atoms with Gasteiger partial charge in [0, 0.05) is 25.6 Å². The molecule has 1 aliphatic rings. The van der Waals surface area contributed by atoms with Crippen LogP contribution in [0.15, 0.2) is 10.9 Å². The zero-order valence-electron chi connectivity index (χ0n) is 10.6. The Morgan fingerprint density at radius 2 is 2.39 bits per heavy atom. The fourth-order valence-corrected chi connectivity index (χ4v) is 2.15. The topological polar surface area (TPSA) is 86.3 Å². The van der Waals surface area contributed by atoms with E-state index in [1.54, 1.807) is 6.92 Å². The monoisotopic (exact) mass is 251 g/mol. The molecule has 0 saturated carbocycles. The van der Waals surface area contributed by atoms with Crippen molar-refractivity contribution in [2.24, 2.45) is 5.41 Å². The lowest BCUT2D eigenvalue weighted by Gasteiger charge is -2.20. The van der Waals surface area contributed by atoms with Crippen LogP contribution >= 0.6 is 0 Å². The molecule has 1 saturated heterocycles. The number of H-pyrrole nitrogens is 1. The Balaban J connectivity index is 2.27. The summed E-state index contributed by atoms with van der Waals surface area (Å²) in [5.41, 5.74) is -0.947. The molecule has 98 valence electrons. The molecule has 0 bridgehead atoms. The first-order valence-corrected chi connectivity index (χ1v) is 6.03. The highest BCUT2D eigenvalue weighted by Gasteiger charge is 2.41. The lowest BCUT2D eigenvalue weighted by molar-refractivity contribution is -0.146. The maximum absolute atomic E-state index is 11.5. The number of nitrogens with zero attached hydrogens (tertiary/aromatic N) is 2. The minimum absolute atomic E-state index is 0.194. The number of aromatic nitrogens is 2. The molecule has 1 fully saturated rings. The number of hydrogen-bond donors (Lipinski definition) is 2. The fraction of sp³-hybridized carbons (Fsp3) is 0.583. The highest BCUT2D eigenvalue weighted by molar-refractivity contribution is 5.76. The lowest BCUT2D eigenvalue weighted by Crippen LogP contribution is -2.32. The predicted molar refractivity (Wildman–Crippen MR) is 66.8 cm³/mol. The maximum atomic E-state index is 11.5. The molecular formula is C12H17N3O3. The van der Waals surface area contributed by atoms with Crippen molar-refractivity contribution in [1.82, 2.24) is 9.97 Å². The van der Waals surface area contributed by atoms with Crippen LogP contribution in [0.3, 0.4) is 0 Å². The van der Waals surface area contributed by atoms with Gasteiger partial charge in [0.2, 0.25) is 0 Å². The molecule has 0 spiro atoms. The molecule has 1 atom stereocenters. The lowest BCUT2D eigenvalue weighted by atomic mass is 9.90. The van der Waals surface area contributed by atoms with Gasteiger partial charge in [-0.1, -0.05) is 6.92 Å². The molecule has 0 radical (unpaired) electrons. The highest BCUT2D eigenvalue weighted by atomic mass is 16.4. The van der Waals surface area contributed by atoms with E-state index in [1.165, 1.54) is 6.07 Å². The number of aliphatic carboxylic acids is 1. The molecule has 1 aliphatic heterocycles. The summed E-state index contributed by atoms with van der Waals surface area (Å²) in [6.45, 7) is 4.64. The Kier molecular flexibility index (Phi) is 3.11. The van der Waals surface area contributed by atoms with Crippen LogP contribution in [-0.4, -0.2) is 34.1 Å². The minimum Gasteiger partial charge on any atom is -0.481 e. The third-order valence-corrected chi connectivity index (χ3v) is 3.43. The van der Waals surface area contributed by atoms with Gasteiger partial charge in [-0.15, -0.1) is 0 Å². The summed E-state index contributed by atoms with van der Waals surface area (Å²) in [6, 6.07) is 1.42. The molecule has 6 nitrogen and oxygen atoms in total. The molecule has 2 N–H and O–H groups in total. The Bertz CT molecular complexity index is 526. The van der Waals surface area contributed by atoms with E-state index in [4.69, 9.17) is 0 Å². The number of anilines is 1. The Labute approximate surface area is 105 Å². The fourth-order valence-electron chi connectivity index (χ4n) is 2.15. The van der Waals surface area contributed by atoms with Gasteiger partial charge in [-0.3, -0.25) is 9.59 Å². The summed E-state index contributed by atoms with van der Waals surface area (Å²) in [5, 5.41) is 9.18. The molecule has 0 aromatic carbocycles. The minimum atomic E-state index is -0.800. The van der Waals surface area contributed by atoms with Crippen LogP contribution in [0.25, 0.3) is 0 Å². The smallest absolute Gasteiger partial charge is 0.311 e. The average Bonchev–Trinajstić information content (AvgIpc) is 2.72. The van der Waals surface area contributed by atoms with Gasteiger partial charge in [0.05, 0.1) is 5.41 Å². The third kappa shape index (κ3) is 2.23. The highest BCUT2D eigenvalue weighted by Crippen LogP contribution is 2.32. The first kappa shape index (κ1) is 12.6. The van der Waals surface area contributed by atoms with Crippen molar-refractivity contribution in [3.05, 3.63) is 22.2 Å². The summed E-state index contributed by atoms with van der Waals surface area (Å²) in [4.78, 5) is 31.5. The molecule has 2 rings (SSSR count). The Morgan fingerprint density at radius 3 is 2.94 bits per heavy atom. The number of hydrogen-bond acceptors (Lipinski definition) is 4.